The molecule has 2 aromatic rings. The molecule has 2 amide bonds. The van der Waals surface area contributed by atoms with Crippen LogP contribution in [0.4, 0.5) is 0 Å². The highest BCUT2D eigenvalue weighted by atomic mass is 32.1. The molecular weight excluding hydrogens is 611 g/mol. The van der Waals surface area contributed by atoms with Crippen LogP contribution in [0.2, 0.25) is 0 Å². The van der Waals surface area contributed by atoms with Gasteiger partial charge in [-0.15, -0.1) is 11.3 Å². The third-order valence-electron chi connectivity index (χ3n) is 8.06. The second kappa shape index (κ2) is 21.8. The number of benzene rings is 1. The molecule has 264 valence electrons. The zero-order valence-corrected chi connectivity index (χ0v) is 31.4. The Bertz CT molecular complexity index is 1220. The second-order valence-corrected chi connectivity index (χ2v) is 14.1. The number of ketones is 1. The van der Waals surface area contributed by atoms with Crippen LogP contribution >= 0.6 is 11.3 Å². The molecule has 3 rings (SSSR count). The van der Waals surface area contributed by atoms with Gasteiger partial charge in [-0.1, -0.05) is 72.2 Å². The molecule has 47 heavy (non-hydrogen) atoms. The minimum Gasteiger partial charge on any atom is -0.348 e. The molecule has 1 aliphatic heterocycles. The Labute approximate surface area is 288 Å². The summed E-state index contributed by atoms with van der Waals surface area (Å²) in [6.45, 7) is 19.4. The van der Waals surface area contributed by atoms with Crippen molar-refractivity contribution in [2.24, 2.45) is 5.41 Å². The van der Waals surface area contributed by atoms with Gasteiger partial charge in [0.15, 0.2) is 0 Å². The molecule has 0 spiro atoms. The van der Waals surface area contributed by atoms with Crippen LogP contribution < -0.4 is 16.0 Å². The van der Waals surface area contributed by atoms with Crippen LogP contribution in [0.1, 0.15) is 118 Å². The first-order chi connectivity index (χ1) is 22.3. The lowest BCUT2D eigenvalue weighted by Crippen LogP contribution is -2.55. The van der Waals surface area contributed by atoms with Crippen molar-refractivity contribution in [3.63, 3.8) is 0 Å². The number of aldehydes is 1. The van der Waals surface area contributed by atoms with E-state index >= 15 is 0 Å². The summed E-state index contributed by atoms with van der Waals surface area (Å²) in [6.07, 6.45) is 7.06. The van der Waals surface area contributed by atoms with Gasteiger partial charge in [-0.05, 0) is 83.0 Å². The highest BCUT2D eigenvalue weighted by Crippen LogP contribution is 2.29. The molecule has 2 heterocycles. The first kappa shape index (κ1) is 42.1. The van der Waals surface area contributed by atoms with Crippen LogP contribution in [-0.4, -0.2) is 72.0 Å². The Morgan fingerprint density at radius 3 is 2.23 bits per heavy atom. The van der Waals surface area contributed by atoms with Gasteiger partial charge in [0.1, 0.15) is 18.1 Å². The van der Waals surface area contributed by atoms with Gasteiger partial charge in [-0.2, -0.15) is 0 Å². The standard InChI is InChI=1S/C24H34N4O2S.C10H19NO2.C3H8/c1-15(17-9-11-18(12-10-17)20-16(2)26-14-31-20)27-22(29)19-8-7-13-28(19)23(30)21(25-6)24(3,4)5;1-3-10(9(2)13)11-7-5-4-6-8-12;1-3-2/h9-12,14-15,19,21,25H,7-8,13H2,1-6H3,(H,27,29);8,10-11H,3-7H2,1-2H3;3H2,1-2H3/t15-,19-,21+;10-;/m00./s1. The minimum absolute atomic E-state index is 0.00349. The smallest absolute Gasteiger partial charge is 0.243 e. The number of hydrogen-bond acceptors (Lipinski definition) is 8. The van der Waals surface area contributed by atoms with E-state index in [1.54, 1.807) is 30.2 Å². The van der Waals surface area contributed by atoms with Gasteiger partial charge < -0.3 is 25.6 Å². The van der Waals surface area contributed by atoms with Crippen molar-refractivity contribution >= 4 is 35.2 Å². The maximum Gasteiger partial charge on any atom is 0.243 e. The number of amides is 2. The number of hydrogen-bond donors (Lipinski definition) is 3. The van der Waals surface area contributed by atoms with Gasteiger partial charge in [0, 0.05) is 13.0 Å². The molecule has 1 aromatic heterocycles. The van der Waals surface area contributed by atoms with E-state index in [1.165, 1.54) is 11.3 Å². The average molecular weight is 672 g/mol. The molecule has 1 aromatic carbocycles. The number of nitrogens with zero attached hydrogens (tertiary/aromatic N) is 2. The van der Waals surface area contributed by atoms with E-state index in [9.17, 15) is 19.2 Å². The third-order valence-corrected chi connectivity index (χ3v) is 9.03. The number of aromatic nitrogens is 1. The van der Waals surface area contributed by atoms with Crippen molar-refractivity contribution in [3.8, 4) is 10.4 Å². The highest BCUT2D eigenvalue weighted by Gasteiger charge is 2.40. The molecule has 0 aliphatic carbocycles. The number of Topliss-reactive ketones (excluding diaryl/α,β-unsaturated/α-hetero) is 1. The molecule has 1 saturated heterocycles. The van der Waals surface area contributed by atoms with Crippen LogP contribution in [-0.2, 0) is 19.2 Å². The molecule has 3 N–H and O–H groups in total. The number of aryl methyl sites for hydroxylation is 1. The quantitative estimate of drug-likeness (QED) is 0.152. The van der Waals surface area contributed by atoms with Crippen molar-refractivity contribution in [3.05, 3.63) is 41.0 Å². The second-order valence-electron chi connectivity index (χ2n) is 13.3. The molecule has 0 bridgehead atoms. The zero-order chi connectivity index (χ0) is 35.6. The van der Waals surface area contributed by atoms with Gasteiger partial charge in [-0.25, -0.2) is 4.98 Å². The zero-order valence-electron chi connectivity index (χ0n) is 30.6. The lowest BCUT2D eigenvalue weighted by atomic mass is 9.86. The van der Waals surface area contributed by atoms with E-state index in [-0.39, 0.29) is 41.1 Å². The number of likely N-dealkylation sites (N-methyl/N-ethyl adjacent to an activating group) is 1. The number of likely N-dealkylation sites (tertiary alicyclic amines) is 1. The van der Waals surface area contributed by atoms with Gasteiger partial charge in [0.05, 0.1) is 34.2 Å². The average Bonchev–Trinajstić information content (AvgIpc) is 3.69. The van der Waals surface area contributed by atoms with Crippen molar-refractivity contribution in [2.75, 3.05) is 20.1 Å². The van der Waals surface area contributed by atoms with Gasteiger partial charge in [0.25, 0.3) is 0 Å². The molecule has 9 nitrogen and oxygen atoms in total. The summed E-state index contributed by atoms with van der Waals surface area (Å²) < 4.78 is 0. The number of carbonyl (C=O) groups excluding carboxylic acids is 4. The maximum atomic E-state index is 13.2. The Kier molecular flexibility index (Phi) is 19.5. The van der Waals surface area contributed by atoms with E-state index in [4.69, 9.17) is 0 Å². The first-order valence-electron chi connectivity index (χ1n) is 17.2. The Hall–Kier alpha value is -2.95. The lowest BCUT2D eigenvalue weighted by molar-refractivity contribution is -0.142. The largest absolute Gasteiger partial charge is 0.348 e. The SMILES string of the molecule is CCC.CC[C@H](NCCCCC=O)C(C)=O.CN[C@H](C(=O)N1CCC[C@H]1C(=O)N[C@@H](C)c1ccc(-c2scnc2C)cc1)C(C)(C)C. The van der Waals surface area contributed by atoms with Crippen LogP contribution in [0, 0.1) is 12.3 Å². The fraction of sp³-hybridized carbons (Fsp3) is 0.649. The number of nitrogens with one attached hydrogen (secondary N) is 3. The molecule has 4 atom stereocenters. The fourth-order valence-corrected chi connectivity index (χ4v) is 6.31. The van der Waals surface area contributed by atoms with E-state index < -0.39 is 6.04 Å². The van der Waals surface area contributed by atoms with Crippen LogP contribution in [0.15, 0.2) is 29.8 Å². The summed E-state index contributed by atoms with van der Waals surface area (Å²) in [4.78, 5) is 54.4. The van der Waals surface area contributed by atoms with Crippen molar-refractivity contribution in [1.29, 1.82) is 0 Å². The first-order valence-corrected chi connectivity index (χ1v) is 18.1. The molecule has 1 fully saturated rings. The summed E-state index contributed by atoms with van der Waals surface area (Å²) in [5.41, 5.74) is 4.84. The lowest BCUT2D eigenvalue weighted by Gasteiger charge is -2.35. The minimum atomic E-state index is -0.410. The maximum absolute atomic E-state index is 13.2. The number of unbranched alkanes of at least 4 members (excludes halogenated alkanes) is 2. The predicted molar refractivity (Wildman–Crippen MR) is 195 cm³/mol. The normalized spacial score (nSPS) is 16.1. The summed E-state index contributed by atoms with van der Waals surface area (Å²) in [5, 5.41) is 9.42. The van der Waals surface area contributed by atoms with Crippen LogP contribution in [0.3, 0.4) is 0 Å². The van der Waals surface area contributed by atoms with E-state index in [0.29, 0.717) is 19.4 Å². The Morgan fingerprint density at radius 2 is 1.74 bits per heavy atom. The third kappa shape index (κ3) is 14.0. The van der Waals surface area contributed by atoms with Crippen molar-refractivity contribution < 1.29 is 19.2 Å². The molecule has 0 radical (unpaired) electrons. The topological polar surface area (TPSA) is 121 Å². The van der Waals surface area contributed by atoms with E-state index in [0.717, 1.165) is 55.3 Å². The fourth-order valence-electron chi connectivity index (χ4n) is 5.50. The monoisotopic (exact) mass is 671 g/mol. The van der Waals surface area contributed by atoms with E-state index in [1.807, 2.05) is 59.2 Å². The van der Waals surface area contributed by atoms with Gasteiger partial charge >= 0.3 is 0 Å². The molecule has 1 aliphatic rings. The molecular formula is C37H61N5O4S. The summed E-state index contributed by atoms with van der Waals surface area (Å²) >= 11 is 1.63. The van der Waals surface area contributed by atoms with Crippen molar-refractivity contribution in [1.82, 2.24) is 25.8 Å². The predicted octanol–water partition coefficient (Wildman–Crippen LogP) is 6.65. The number of carbonyl (C=O) groups is 4. The summed E-state index contributed by atoms with van der Waals surface area (Å²) in [5.74, 6) is 0.118. The van der Waals surface area contributed by atoms with Crippen LogP contribution in [0.25, 0.3) is 10.4 Å². The van der Waals surface area contributed by atoms with Gasteiger partial charge in [0.2, 0.25) is 11.8 Å². The van der Waals surface area contributed by atoms with E-state index in [2.05, 4.69) is 46.9 Å². The number of rotatable bonds is 14. The molecule has 10 heteroatoms. The summed E-state index contributed by atoms with van der Waals surface area (Å²) in [6, 6.07) is 7.38. The molecule has 0 saturated carbocycles. The van der Waals surface area contributed by atoms with Crippen molar-refractivity contribution in [2.45, 2.75) is 131 Å². The van der Waals surface area contributed by atoms with Gasteiger partial charge in [-0.3, -0.25) is 14.4 Å². The van der Waals surface area contributed by atoms with Crippen LogP contribution in [0.5, 0.6) is 0 Å². The Morgan fingerprint density at radius 1 is 1.11 bits per heavy atom. The summed E-state index contributed by atoms with van der Waals surface area (Å²) in [7, 11) is 1.80. The highest BCUT2D eigenvalue weighted by molar-refractivity contribution is 7.13. The molecule has 0 unspecified atom stereocenters. The number of thiazole rings is 1. The Balaban J connectivity index is 0.000000578.